The molecular weight excluding hydrogens is 244 g/mol. The van der Waals surface area contributed by atoms with E-state index in [0.717, 1.165) is 0 Å². The van der Waals surface area contributed by atoms with Crippen LogP contribution in [0, 0.1) is 17.0 Å². The number of nitro groups is 1. The fraction of sp³-hybridized carbons (Fsp3) is 0.0714. The van der Waals surface area contributed by atoms with Crippen molar-refractivity contribution in [3.8, 4) is 5.75 Å². The maximum Gasteiger partial charge on any atom is 0.276 e. The van der Waals surface area contributed by atoms with E-state index in [4.69, 9.17) is 0 Å². The Morgan fingerprint density at radius 3 is 2.63 bits per heavy atom. The van der Waals surface area contributed by atoms with Gasteiger partial charge in [0.1, 0.15) is 5.75 Å². The van der Waals surface area contributed by atoms with Crippen molar-refractivity contribution < 1.29 is 10.0 Å². The molecular formula is C14H12N2O3. The molecule has 2 rings (SSSR count). The summed E-state index contributed by atoms with van der Waals surface area (Å²) in [5.74, 6) is 0.128. The predicted molar refractivity (Wildman–Crippen MR) is 72.7 cm³/mol. The average Bonchev–Trinajstić information content (AvgIpc) is 2.40. The normalized spacial score (nSPS) is 10.8. The first-order valence-corrected chi connectivity index (χ1v) is 5.66. The van der Waals surface area contributed by atoms with Crippen LogP contribution in [0.5, 0.6) is 5.75 Å². The number of benzene rings is 1. The number of hydrogen-bond acceptors (Lipinski definition) is 4. The van der Waals surface area contributed by atoms with E-state index in [2.05, 4.69) is 4.98 Å². The number of aromatic hydroxyl groups is 1. The second-order valence-corrected chi connectivity index (χ2v) is 3.99. The molecule has 2 aromatic rings. The largest absolute Gasteiger partial charge is 0.506 e. The zero-order chi connectivity index (χ0) is 13.8. The SMILES string of the molecule is Cc1nc(C=Cc2ccccc2[N+](=O)[O-])ccc1O. The maximum atomic E-state index is 10.9. The van der Waals surface area contributed by atoms with Crippen LogP contribution in [0.25, 0.3) is 12.2 Å². The average molecular weight is 256 g/mol. The summed E-state index contributed by atoms with van der Waals surface area (Å²) in [5, 5.41) is 20.2. The van der Waals surface area contributed by atoms with Crippen molar-refractivity contribution in [3.63, 3.8) is 0 Å². The van der Waals surface area contributed by atoms with Gasteiger partial charge in [0.2, 0.25) is 0 Å². The maximum absolute atomic E-state index is 10.9. The first kappa shape index (κ1) is 12.8. The summed E-state index contributed by atoms with van der Waals surface area (Å²) in [4.78, 5) is 14.6. The van der Waals surface area contributed by atoms with Gasteiger partial charge in [-0.25, -0.2) is 4.98 Å². The molecule has 0 aliphatic carbocycles. The van der Waals surface area contributed by atoms with E-state index in [0.29, 0.717) is 17.0 Å². The minimum absolute atomic E-state index is 0.0502. The quantitative estimate of drug-likeness (QED) is 0.676. The van der Waals surface area contributed by atoms with Gasteiger partial charge in [-0.1, -0.05) is 12.1 Å². The third-order valence-electron chi connectivity index (χ3n) is 2.65. The number of para-hydroxylation sites is 1. The molecule has 1 N–H and O–H groups in total. The Bertz CT molecular complexity index is 651. The number of nitrogens with zero attached hydrogens (tertiary/aromatic N) is 2. The van der Waals surface area contributed by atoms with Crippen LogP contribution in [0.15, 0.2) is 36.4 Å². The van der Waals surface area contributed by atoms with Gasteiger partial charge in [0.15, 0.2) is 0 Å². The zero-order valence-electron chi connectivity index (χ0n) is 10.3. The molecule has 0 aliphatic heterocycles. The lowest BCUT2D eigenvalue weighted by Gasteiger charge is -1.99. The van der Waals surface area contributed by atoms with E-state index < -0.39 is 4.92 Å². The van der Waals surface area contributed by atoms with Gasteiger partial charge in [-0.05, 0) is 37.3 Å². The van der Waals surface area contributed by atoms with Crippen LogP contribution >= 0.6 is 0 Å². The summed E-state index contributed by atoms with van der Waals surface area (Å²) in [6, 6.07) is 9.67. The van der Waals surface area contributed by atoms with E-state index in [1.54, 1.807) is 49.4 Å². The Balaban J connectivity index is 2.32. The predicted octanol–water partition coefficient (Wildman–Crippen LogP) is 3.17. The highest BCUT2D eigenvalue weighted by atomic mass is 16.6. The van der Waals surface area contributed by atoms with E-state index in [1.165, 1.54) is 6.07 Å². The first-order valence-electron chi connectivity index (χ1n) is 5.66. The van der Waals surface area contributed by atoms with Gasteiger partial charge >= 0.3 is 0 Å². The molecule has 96 valence electrons. The molecule has 1 heterocycles. The molecule has 0 unspecified atom stereocenters. The van der Waals surface area contributed by atoms with Crippen molar-refractivity contribution in [2.75, 3.05) is 0 Å². The molecule has 0 bridgehead atoms. The topological polar surface area (TPSA) is 76.3 Å². The molecule has 0 saturated carbocycles. The monoisotopic (exact) mass is 256 g/mol. The van der Waals surface area contributed by atoms with E-state index in [1.807, 2.05) is 0 Å². The van der Waals surface area contributed by atoms with Crippen molar-refractivity contribution in [3.05, 3.63) is 63.5 Å². The van der Waals surface area contributed by atoms with Gasteiger partial charge in [-0.15, -0.1) is 0 Å². The van der Waals surface area contributed by atoms with E-state index in [-0.39, 0.29) is 11.4 Å². The number of pyridine rings is 1. The summed E-state index contributed by atoms with van der Waals surface area (Å²) >= 11 is 0. The van der Waals surface area contributed by atoms with Crippen molar-refractivity contribution in [2.24, 2.45) is 0 Å². The number of nitro benzene ring substituents is 1. The van der Waals surface area contributed by atoms with Crippen molar-refractivity contribution >= 4 is 17.8 Å². The molecule has 19 heavy (non-hydrogen) atoms. The van der Waals surface area contributed by atoms with Gasteiger partial charge in [-0.2, -0.15) is 0 Å². The lowest BCUT2D eigenvalue weighted by atomic mass is 10.1. The lowest BCUT2D eigenvalue weighted by molar-refractivity contribution is -0.385. The van der Waals surface area contributed by atoms with Gasteiger partial charge < -0.3 is 5.11 Å². The number of aromatic nitrogens is 1. The minimum atomic E-state index is -0.421. The summed E-state index contributed by atoms with van der Waals surface area (Å²) < 4.78 is 0. The third-order valence-corrected chi connectivity index (χ3v) is 2.65. The lowest BCUT2D eigenvalue weighted by Crippen LogP contribution is -1.90. The summed E-state index contributed by atoms with van der Waals surface area (Å²) in [5.41, 5.74) is 1.72. The molecule has 1 aromatic carbocycles. The standard InChI is InChI=1S/C14H12N2O3/c1-10-14(17)9-8-12(15-10)7-6-11-4-2-3-5-13(11)16(18)19/h2-9,17H,1H3. The molecule has 1 aromatic heterocycles. The Hall–Kier alpha value is -2.69. The fourth-order valence-electron chi connectivity index (χ4n) is 1.64. The molecule has 0 spiro atoms. The molecule has 0 atom stereocenters. The molecule has 0 amide bonds. The Morgan fingerprint density at radius 2 is 1.95 bits per heavy atom. The molecule has 0 radical (unpaired) electrons. The summed E-state index contributed by atoms with van der Waals surface area (Å²) in [6.45, 7) is 1.69. The summed E-state index contributed by atoms with van der Waals surface area (Å²) in [6.07, 6.45) is 3.31. The van der Waals surface area contributed by atoms with Gasteiger partial charge in [0.05, 0.1) is 21.9 Å². The van der Waals surface area contributed by atoms with Crippen molar-refractivity contribution in [1.82, 2.24) is 4.98 Å². The molecule has 0 fully saturated rings. The molecule has 5 heteroatoms. The molecule has 0 aliphatic rings. The third kappa shape index (κ3) is 2.95. The summed E-state index contributed by atoms with van der Waals surface area (Å²) in [7, 11) is 0. The van der Waals surface area contributed by atoms with Gasteiger partial charge in [-0.3, -0.25) is 10.1 Å². The minimum Gasteiger partial charge on any atom is -0.506 e. The van der Waals surface area contributed by atoms with Crippen LogP contribution in [0.1, 0.15) is 17.0 Å². The van der Waals surface area contributed by atoms with Gasteiger partial charge in [0, 0.05) is 6.07 Å². The molecule has 0 saturated heterocycles. The fourth-order valence-corrected chi connectivity index (χ4v) is 1.64. The Morgan fingerprint density at radius 1 is 1.21 bits per heavy atom. The second-order valence-electron chi connectivity index (χ2n) is 3.99. The van der Waals surface area contributed by atoms with Crippen LogP contribution in [0.3, 0.4) is 0 Å². The van der Waals surface area contributed by atoms with Crippen LogP contribution in [-0.2, 0) is 0 Å². The van der Waals surface area contributed by atoms with Gasteiger partial charge in [0.25, 0.3) is 5.69 Å². The highest BCUT2D eigenvalue weighted by Crippen LogP contribution is 2.20. The van der Waals surface area contributed by atoms with E-state index >= 15 is 0 Å². The smallest absolute Gasteiger partial charge is 0.276 e. The number of rotatable bonds is 3. The van der Waals surface area contributed by atoms with Crippen LogP contribution in [0.2, 0.25) is 0 Å². The first-order chi connectivity index (χ1) is 9.08. The number of hydrogen-bond donors (Lipinski definition) is 1. The Kier molecular flexibility index (Phi) is 3.56. The highest BCUT2D eigenvalue weighted by Gasteiger charge is 2.09. The highest BCUT2D eigenvalue weighted by molar-refractivity contribution is 5.73. The zero-order valence-corrected chi connectivity index (χ0v) is 10.3. The van der Waals surface area contributed by atoms with Crippen LogP contribution in [0.4, 0.5) is 5.69 Å². The Labute approximate surface area is 110 Å². The van der Waals surface area contributed by atoms with Crippen LogP contribution < -0.4 is 0 Å². The van der Waals surface area contributed by atoms with E-state index in [9.17, 15) is 15.2 Å². The van der Waals surface area contributed by atoms with Crippen molar-refractivity contribution in [1.29, 1.82) is 0 Å². The molecule has 5 nitrogen and oxygen atoms in total. The van der Waals surface area contributed by atoms with Crippen molar-refractivity contribution in [2.45, 2.75) is 6.92 Å². The second kappa shape index (κ2) is 5.30. The van der Waals surface area contributed by atoms with Crippen LogP contribution in [-0.4, -0.2) is 15.0 Å². The number of aryl methyl sites for hydroxylation is 1.